The van der Waals surface area contributed by atoms with E-state index in [4.69, 9.17) is 4.74 Å². The predicted molar refractivity (Wildman–Crippen MR) is 102 cm³/mol. The molecule has 1 N–H and O–H groups in total. The van der Waals surface area contributed by atoms with Crippen LogP contribution in [0.5, 0.6) is 5.75 Å². The maximum Gasteiger partial charge on any atom is 0.257 e. The number of carbonyl (C=O) groups excluding carboxylic acids is 1. The Labute approximate surface area is 155 Å². The molecule has 0 spiro atoms. The number of phenolic OH excluding ortho intramolecular Hbond substituents is 1. The number of aromatic nitrogens is 1. The summed E-state index contributed by atoms with van der Waals surface area (Å²) in [6.07, 6.45) is 7.17. The second kappa shape index (κ2) is 8.41. The van der Waals surface area contributed by atoms with Crippen LogP contribution in [0.2, 0.25) is 0 Å². The van der Waals surface area contributed by atoms with E-state index >= 15 is 0 Å². The van der Waals surface area contributed by atoms with Gasteiger partial charge in [0.15, 0.2) is 0 Å². The number of amides is 1. The molecule has 1 atom stereocenters. The van der Waals surface area contributed by atoms with Crippen LogP contribution in [0.4, 0.5) is 0 Å². The van der Waals surface area contributed by atoms with Crippen molar-refractivity contribution in [3.63, 3.8) is 0 Å². The smallest absolute Gasteiger partial charge is 0.257 e. The standard InChI is InChI=1S/C21H28N2O3/c1-16(2)6-5-7-18-15-23(12-13-26-18)21(25)19-14-17(8-9-20(19)24)22-10-3-4-11-22/h3-4,8-11,14,16,18,24H,5-7,12-13,15H2,1-2H3. The van der Waals surface area contributed by atoms with Crippen LogP contribution < -0.4 is 0 Å². The molecule has 1 saturated heterocycles. The first kappa shape index (κ1) is 18.5. The molecule has 3 rings (SSSR count). The highest BCUT2D eigenvalue weighted by molar-refractivity contribution is 5.97. The fraction of sp³-hybridized carbons (Fsp3) is 0.476. The van der Waals surface area contributed by atoms with Crippen molar-refractivity contribution in [2.45, 2.75) is 39.2 Å². The Morgan fingerprint density at radius 2 is 2.08 bits per heavy atom. The van der Waals surface area contributed by atoms with Crippen LogP contribution in [-0.2, 0) is 4.74 Å². The van der Waals surface area contributed by atoms with Crippen molar-refractivity contribution in [3.05, 3.63) is 48.3 Å². The summed E-state index contributed by atoms with van der Waals surface area (Å²) in [7, 11) is 0. The van der Waals surface area contributed by atoms with E-state index < -0.39 is 0 Å². The molecule has 5 heteroatoms. The van der Waals surface area contributed by atoms with Gasteiger partial charge in [-0.2, -0.15) is 0 Å². The van der Waals surface area contributed by atoms with Crippen molar-refractivity contribution < 1.29 is 14.6 Å². The quantitative estimate of drug-likeness (QED) is 0.855. The van der Waals surface area contributed by atoms with Gasteiger partial charge in [-0.05, 0) is 42.7 Å². The summed E-state index contributed by atoms with van der Waals surface area (Å²) >= 11 is 0. The lowest BCUT2D eigenvalue weighted by Crippen LogP contribution is -2.45. The van der Waals surface area contributed by atoms with Gasteiger partial charge in [-0.15, -0.1) is 0 Å². The molecule has 1 aliphatic heterocycles. The summed E-state index contributed by atoms with van der Waals surface area (Å²) in [5, 5.41) is 10.2. The normalized spacial score (nSPS) is 17.7. The van der Waals surface area contributed by atoms with Crippen LogP contribution in [0.3, 0.4) is 0 Å². The second-order valence-corrected chi connectivity index (χ2v) is 7.36. The van der Waals surface area contributed by atoms with Crippen LogP contribution >= 0.6 is 0 Å². The molecule has 1 fully saturated rings. The monoisotopic (exact) mass is 356 g/mol. The topological polar surface area (TPSA) is 54.7 Å². The van der Waals surface area contributed by atoms with E-state index in [2.05, 4.69) is 13.8 Å². The van der Waals surface area contributed by atoms with Gasteiger partial charge in [-0.3, -0.25) is 4.79 Å². The molecule has 0 radical (unpaired) electrons. The van der Waals surface area contributed by atoms with Gasteiger partial charge in [-0.25, -0.2) is 0 Å². The van der Waals surface area contributed by atoms with Gasteiger partial charge in [0, 0.05) is 31.2 Å². The third-order valence-electron chi connectivity index (χ3n) is 4.85. The molecule has 0 bridgehead atoms. The summed E-state index contributed by atoms with van der Waals surface area (Å²) in [5.74, 6) is 0.576. The lowest BCUT2D eigenvalue weighted by molar-refractivity contribution is -0.0261. The maximum absolute atomic E-state index is 13.0. The van der Waals surface area contributed by atoms with Crippen LogP contribution in [0.25, 0.3) is 5.69 Å². The lowest BCUT2D eigenvalue weighted by Gasteiger charge is -2.33. The first-order valence-corrected chi connectivity index (χ1v) is 9.42. The van der Waals surface area contributed by atoms with Gasteiger partial charge >= 0.3 is 0 Å². The van der Waals surface area contributed by atoms with Crippen LogP contribution in [0.15, 0.2) is 42.7 Å². The first-order valence-electron chi connectivity index (χ1n) is 9.42. The summed E-state index contributed by atoms with van der Waals surface area (Å²) in [4.78, 5) is 14.8. The van der Waals surface area contributed by atoms with Gasteiger partial charge in [0.1, 0.15) is 5.75 Å². The summed E-state index contributed by atoms with van der Waals surface area (Å²) in [6.45, 7) is 6.14. The molecule has 26 heavy (non-hydrogen) atoms. The molecule has 140 valence electrons. The van der Waals surface area contributed by atoms with E-state index in [0.29, 0.717) is 31.2 Å². The van der Waals surface area contributed by atoms with E-state index in [-0.39, 0.29) is 17.8 Å². The minimum absolute atomic E-state index is 0.0220. The van der Waals surface area contributed by atoms with E-state index in [1.807, 2.05) is 29.1 Å². The summed E-state index contributed by atoms with van der Waals surface area (Å²) in [6, 6.07) is 9.00. The number of aromatic hydroxyl groups is 1. The van der Waals surface area contributed by atoms with Crippen LogP contribution in [-0.4, -0.2) is 46.3 Å². The van der Waals surface area contributed by atoms with Gasteiger partial charge in [0.2, 0.25) is 0 Å². The fourth-order valence-electron chi connectivity index (χ4n) is 3.37. The second-order valence-electron chi connectivity index (χ2n) is 7.36. The molecule has 2 aromatic rings. The van der Waals surface area contributed by atoms with Crippen LogP contribution in [0.1, 0.15) is 43.5 Å². The number of nitrogens with zero attached hydrogens (tertiary/aromatic N) is 2. The Bertz CT molecular complexity index is 725. The SMILES string of the molecule is CC(C)CCCC1CN(C(=O)c2cc(-n3cccc3)ccc2O)CCO1. The molecular formula is C21H28N2O3. The maximum atomic E-state index is 13.0. The Hall–Kier alpha value is -2.27. The third kappa shape index (κ3) is 4.47. The summed E-state index contributed by atoms with van der Waals surface area (Å²) < 4.78 is 7.75. The highest BCUT2D eigenvalue weighted by Crippen LogP contribution is 2.24. The molecule has 5 nitrogen and oxygen atoms in total. The molecule has 1 aromatic carbocycles. The minimum atomic E-state index is -0.131. The zero-order valence-electron chi connectivity index (χ0n) is 15.6. The summed E-state index contributed by atoms with van der Waals surface area (Å²) in [5.41, 5.74) is 1.21. The van der Waals surface area contributed by atoms with E-state index in [9.17, 15) is 9.90 Å². The van der Waals surface area contributed by atoms with Gasteiger partial charge in [0.05, 0.1) is 18.3 Å². The number of benzene rings is 1. The van der Waals surface area contributed by atoms with E-state index in [1.54, 1.807) is 23.1 Å². The fourth-order valence-corrected chi connectivity index (χ4v) is 3.37. The Morgan fingerprint density at radius 3 is 2.81 bits per heavy atom. The van der Waals surface area contributed by atoms with Crippen LogP contribution in [0, 0.1) is 5.92 Å². The third-order valence-corrected chi connectivity index (χ3v) is 4.85. The molecule has 1 aromatic heterocycles. The van der Waals surface area contributed by atoms with Crippen molar-refractivity contribution in [2.24, 2.45) is 5.92 Å². The zero-order chi connectivity index (χ0) is 18.5. The molecule has 0 saturated carbocycles. The minimum Gasteiger partial charge on any atom is -0.507 e. The lowest BCUT2D eigenvalue weighted by atomic mass is 10.0. The number of morpholine rings is 1. The van der Waals surface area contributed by atoms with Crippen molar-refractivity contribution in [3.8, 4) is 11.4 Å². The van der Waals surface area contributed by atoms with Crippen molar-refractivity contribution in [2.75, 3.05) is 19.7 Å². The Morgan fingerprint density at radius 1 is 1.31 bits per heavy atom. The van der Waals surface area contributed by atoms with Crippen molar-refractivity contribution in [1.82, 2.24) is 9.47 Å². The van der Waals surface area contributed by atoms with Gasteiger partial charge in [-0.1, -0.05) is 26.7 Å². The molecule has 1 unspecified atom stereocenters. The predicted octanol–water partition coefficient (Wildman–Crippen LogP) is 3.85. The first-order chi connectivity index (χ1) is 12.5. The molecule has 2 heterocycles. The highest BCUT2D eigenvalue weighted by Gasteiger charge is 2.26. The Kier molecular flexibility index (Phi) is 5.99. The average molecular weight is 356 g/mol. The zero-order valence-corrected chi connectivity index (χ0v) is 15.6. The van der Waals surface area contributed by atoms with Crippen molar-refractivity contribution in [1.29, 1.82) is 0 Å². The largest absolute Gasteiger partial charge is 0.507 e. The molecule has 1 aliphatic rings. The average Bonchev–Trinajstić information content (AvgIpc) is 3.16. The number of ether oxygens (including phenoxy) is 1. The molecule has 1 amide bonds. The number of phenols is 1. The number of hydrogen-bond acceptors (Lipinski definition) is 3. The van der Waals surface area contributed by atoms with E-state index in [1.165, 1.54) is 6.42 Å². The highest BCUT2D eigenvalue weighted by atomic mass is 16.5. The van der Waals surface area contributed by atoms with Gasteiger partial charge in [0.25, 0.3) is 5.91 Å². The molecular weight excluding hydrogens is 328 g/mol. The number of rotatable bonds is 6. The Balaban J connectivity index is 1.69. The number of carbonyl (C=O) groups is 1. The number of hydrogen-bond donors (Lipinski definition) is 1. The van der Waals surface area contributed by atoms with E-state index in [0.717, 1.165) is 18.5 Å². The molecule has 0 aliphatic carbocycles. The van der Waals surface area contributed by atoms with Crippen molar-refractivity contribution >= 4 is 5.91 Å². The van der Waals surface area contributed by atoms with Gasteiger partial charge < -0.3 is 19.3 Å².